The van der Waals surface area contributed by atoms with Crippen LogP contribution in [0.25, 0.3) is 10.9 Å². The number of aromatic nitrogens is 1. The van der Waals surface area contributed by atoms with Crippen molar-refractivity contribution in [1.29, 1.82) is 0 Å². The summed E-state index contributed by atoms with van der Waals surface area (Å²) < 4.78 is 0. The van der Waals surface area contributed by atoms with Crippen LogP contribution in [0.1, 0.15) is 6.92 Å². The average Bonchev–Trinajstić information content (AvgIpc) is 2.46. The zero-order valence-corrected chi connectivity index (χ0v) is 11.2. The number of non-ortho nitro benzene ring substituents is 1. The highest BCUT2D eigenvalue weighted by atomic mass is 16.6. The van der Waals surface area contributed by atoms with Gasteiger partial charge in [0.2, 0.25) is 0 Å². The van der Waals surface area contributed by atoms with E-state index in [1.165, 1.54) is 0 Å². The van der Waals surface area contributed by atoms with Crippen LogP contribution in [0.3, 0.4) is 0 Å². The molecule has 2 aromatic rings. The van der Waals surface area contributed by atoms with Crippen molar-refractivity contribution in [3.8, 4) is 0 Å². The molecule has 1 aliphatic rings. The Morgan fingerprint density at radius 3 is 3.05 bits per heavy atom. The molecule has 0 aliphatic carbocycles. The van der Waals surface area contributed by atoms with Crippen molar-refractivity contribution in [3.05, 3.63) is 40.6 Å². The van der Waals surface area contributed by atoms with E-state index >= 15 is 0 Å². The van der Waals surface area contributed by atoms with Crippen LogP contribution in [-0.2, 0) is 0 Å². The summed E-state index contributed by atoms with van der Waals surface area (Å²) in [4.78, 5) is 17.3. The maximum Gasteiger partial charge on any atom is 0.278 e. The quantitative estimate of drug-likeness (QED) is 0.668. The van der Waals surface area contributed by atoms with Gasteiger partial charge in [0.15, 0.2) is 0 Å². The standard InChI is InChI=1S/C14H16N4O2/c1-10-9-17(8-7-15-10)13-5-4-12(18(19)20)11-3-2-6-16-14(11)13/h2-6,10,15H,7-9H2,1H3. The van der Waals surface area contributed by atoms with E-state index in [4.69, 9.17) is 0 Å². The molecule has 1 fully saturated rings. The molecule has 0 spiro atoms. The second kappa shape index (κ2) is 5.05. The summed E-state index contributed by atoms with van der Waals surface area (Å²) in [5.41, 5.74) is 1.79. The predicted molar refractivity (Wildman–Crippen MR) is 78.1 cm³/mol. The molecule has 104 valence electrons. The molecule has 6 heteroatoms. The lowest BCUT2D eigenvalue weighted by molar-refractivity contribution is -0.383. The van der Waals surface area contributed by atoms with Gasteiger partial charge in [-0.3, -0.25) is 15.1 Å². The highest BCUT2D eigenvalue weighted by Gasteiger charge is 2.21. The fourth-order valence-corrected chi connectivity index (χ4v) is 2.71. The molecule has 2 heterocycles. The van der Waals surface area contributed by atoms with Crippen LogP contribution < -0.4 is 10.2 Å². The number of nitrogens with zero attached hydrogens (tertiary/aromatic N) is 3. The second-order valence-electron chi connectivity index (χ2n) is 5.06. The van der Waals surface area contributed by atoms with Crippen molar-refractivity contribution in [1.82, 2.24) is 10.3 Å². The van der Waals surface area contributed by atoms with Gasteiger partial charge in [0, 0.05) is 37.9 Å². The summed E-state index contributed by atoms with van der Waals surface area (Å²) in [5.74, 6) is 0. The molecule has 1 aromatic heterocycles. The Hall–Kier alpha value is -2.21. The molecule has 0 radical (unpaired) electrons. The van der Waals surface area contributed by atoms with Crippen molar-refractivity contribution < 1.29 is 4.92 Å². The summed E-state index contributed by atoms with van der Waals surface area (Å²) in [7, 11) is 0. The lowest BCUT2D eigenvalue weighted by atomic mass is 10.1. The first-order valence-corrected chi connectivity index (χ1v) is 6.67. The van der Waals surface area contributed by atoms with Crippen LogP contribution in [0.4, 0.5) is 11.4 Å². The van der Waals surface area contributed by atoms with E-state index in [9.17, 15) is 10.1 Å². The fourth-order valence-electron chi connectivity index (χ4n) is 2.71. The normalized spacial score (nSPS) is 19.2. The van der Waals surface area contributed by atoms with Gasteiger partial charge in [-0.15, -0.1) is 0 Å². The van der Waals surface area contributed by atoms with Crippen LogP contribution in [0, 0.1) is 10.1 Å². The molecular formula is C14H16N4O2. The highest BCUT2D eigenvalue weighted by Crippen LogP contribution is 2.32. The SMILES string of the molecule is CC1CN(c2ccc([N+](=O)[O-])c3cccnc23)CCN1. The average molecular weight is 272 g/mol. The molecule has 3 rings (SSSR count). The number of piperazine rings is 1. The summed E-state index contributed by atoms with van der Waals surface area (Å²) in [6, 6.07) is 7.28. The Labute approximate surface area is 116 Å². The van der Waals surface area contributed by atoms with Crippen molar-refractivity contribution in [2.24, 2.45) is 0 Å². The monoisotopic (exact) mass is 272 g/mol. The number of benzene rings is 1. The van der Waals surface area contributed by atoms with E-state index < -0.39 is 0 Å². The Morgan fingerprint density at radius 1 is 1.45 bits per heavy atom. The van der Waals surface area contributed by atoms with Gasteiger partial charge >= 0.3 is 0 Å². The van der Waals surface area contributed by atoms with Gasteiger partial charge in [-0.05, 0) is 25.1 Å². The van der Waals surface area contributed by atoms with Gasteiger partial charge in [0.05, 0.1) is 16.0 Å². The maximum atomic E-state index is 11.1. The van der Waals surface area contributed by atoms with Gasteiger partial charge < -0.3 is 10.2 Å². The van der Waals surface area contributed by atoms with Gasteiger partial charge in [-0.2, -0.15) is 0 Å². The number of nitrogens with one attached hydrogen (secondary N) is 1. The topological polar surface area (TPSA) is 71.3 Å². The van der Waals surface area contributed by atoms with E-state index in [1.807, 2.05) is 6.07 Å². The molecule has 0 amide bonds. The van der Waals surface area contributed by atoms with Crippen LogP contribution in [0.15, 0.2) is 30.5 Å². The van der Waals surface area contributed by atoms with E-state index in [1.54, 1.807) is 24.4 Å². The molecule has 1 unspecified atom stereocenters. The van der Waals surface area contributed by atoms with Crippen LogP contribution in [0.2, 0.25) is 0 Å². The zero-order chi connectivity index (χ0) is 14.1. The molecular weight excluding hydrogens is 256 g/mol. The molecule has 1 saturated heterocycles. The number of pyridine rings is 1. The van der Waals surface area contributed by atoms with E-state index in [0.29, 0.717) is 16.9 Å². The molecule has 0 bridgehead atoms. The minimum Gasteiger partial charge on any atom is -0.367 e. The molecule has 1 aromatic carbocycles. The third-order valence-electron chi connectivity index (χ3n) is 3.63. The maximum absolute atomic E-state index is 11.1. The number of anilines is 1. The number of fused-ring (bicyclic) bond motifs is 1. The summed E-state index contributed by atoms with van der Waals surface area (Å²) >= 11 is 0. The zero-order valence-electron chi connectivity index (χ0n) is 11.2. The first kappa shape index (κ1) is 12.8. The Balaban J connectivity index is 2.12. The highest BCUT2D eigenvalue weighted by molar-refractivity contribution is 5.97. The number of nitro groups is 1. The molecule has 1 N–H and O–H groups in total. The molecule has 20 heavy (non-hydrogen) atoms. The van der Waals surface area contributed by atoms with Crippen LogP contribution >= 0.6 is 0 Å². The minimum atomic E-state index is -0.353. The largest absolute Gasteiger partial charge is 0.367 e. The van der Waals surface area contributed by atoms with Gasteiger partial charge in [-0.1, -0.05) is 0 Å². The van der Waals surface area contributed by atoms with E-state index in [2.05, 4.69) is 22.1 Å². The first-order chi connectivity index (χ1) is 9.66. The number of nitro benzene ring substituents is 1. The minimum absolute atomic E-state index is 0.111. The third kappa shape index (κ3) is 2.18. The molecule has 0 saturated carbocycles. The van der Waals surface area contributed by atoms with E-state index in [-0.39, 0.29) is 10.6 Å². The van der Waals surface area contributed by atoms with Gasteiger partial charge in [0.25, 0.3) is 5.69 Å². The molecule has 1 aliphatic heterocycles. The lowest BCUT2D eigenvalue weighted by Crippen LogP contribution is -2.49. The Kier molecular flexibility index (Phi) is 3.23. The molecule has 6 nitrogen and oxygen atoms in total. The molecule has 1 atom stereocenters. The van der Waals surface area contributed by atoms with Gasteiger partial charge in [-0.25, -0.2) is 0 Å². The number of rotatable bonds is 2. The third-order valence-corrected chi connectivity index (χ3v) is 3.63. The van der Waals surface area contributed by atoms with Crippen molar-refractivity contribution >= 4 is 22.3 Å². The predicted octanol–water partition coefficient (Wildman–Crippen LogP) is 1.94. The summed E-state index contributed by atoms with van der Waals surface area (Å²) in [5, 5.41) is 15.1. The van der Waals surface area contributed by atoms with E-state index in [0.717, 1.165) is 25.3 Å². The van der Waals surface area contributed by atoms with Crippen LogP contribution in [-0.4, -0.2) is 35.6 Å². The summed E-state index contributed by atoms with van der Waals surface area (Å²) in [6.07, 6.45) is 1.68. The van der Waals surface area contributed by atoms with Crippen molar-refractivity contribution in [3.63, 3.8) is 0 Å². The van der Waals surface area contributed by atoms with Crippen LogP contribution in [0.5, 0.6) is 0 Å². The number of hydrogen-bond donors (Lipinski definition) is 1. The van der Waals surface area contributed by atoms with Crippen molar-refractivity contribution in [2.45, 2.75) is 13.0 Å². The summed E-state index contributed by atoms with van der Waals surface area (Å²) in [6.45, 7) is 4.80. The Bertz CT molecular complexity index is 659. The van der Waals surface area contributed by atoms with Crippen molar-refractivity contribution in [2.75, 3.05) is 24.5 Å². The lowest BCUT2D eigenvalue weighted by Gasteiger charge is -2.34. The fraction of sp³-hybridized carbons (Fsp3) is 0.357. The van der Waals surface area contributed by atoms with Gasteiger partial charge in [0.1, 0.15) is 5.52 Å². The number of hydrogen-bond acceptors (Lipinski definition) is 5. The second-order valence-corrected chi connectivity index (χ2v) is 5.06. The first-order valence-electron chi connectivity index (χ1n) is 6.67. The smallest absolute Gasteiger partial charge is 0.278 e. The Morgan fingerprint density at radius 2 is 2.30 bits per heavy atom.